The molecular weight excluding hydrogens is 226 g/mol. The minimum atomic E-state index is -0.408. The number of ether oxygens (including phenoxy) is 1. The van der Waals surface area contributed by atoms with Gasteiger partial charge in [-0.25, -0.2) is 0 Å². The summed E-state index contributed by atoms with van der Waals surface area (Å²) >= 11 is 0. The summed E-state index contributed by atoms with van der Waals surface area (Å²) in [5.41, 5.74) is 0.976. The molecule has 3 heteroatoms. The molecule has 0 radical (unpaired) electrons. The summed E-state index contributed by atoms with van der Waals surface area (Å²) in [6.45, 7) is 2.50. The van der Waals surface area contributed by atoms with E-state index in [2.05, 4.69) is 5.32 Å². The van der Waals surface area contributed by atoms with E-state index < -0.39 is 6.10 Å². The van der Waals surface area contributed by atoms with Gasteiger partial charge in [-0.3, -0.25) is 0 Å². The third-order valence-corrected chi connectivity index (χ3v) is 3.43. The minimum Gasteiger partial charge on any atom is -0.387 e. The molecule has 1 aromatic carbocycles. The zero-order chi connectivity index (χ0) is 12.6. The predicted octanol–water partition coefficient (Wildman–Crippen LogP) is 2.27. The van der Waals surface area contributed by atoms with Crippen LogP contribution in [0.15, 0.2) is 30.3 Å². The number of benzene rings is 1. The molecule has 0 spiro atoms. The van der Waals surface area contributed by atoms with Crippen LogP contribution in [0.4, 0.5) is 0 Å². The van der Waals surface area contributed by atoms with E-state index in [1.165, 1.54) is 12.8 Å². The van der Waals surface area contributed by atoms with Gasteiger partial charge in [0.2, 0.25) is 0 Å². The van der Waals surface area contributed by atoms with Crippen LogP contribution < -0.4 is 5.32 Å². The Labute approximate surface area is 109 Å². The van der Waals surface area contributed by atoms with E-state index in [9.17, 15) is 5.11 Å². The molecule has 3 nitrogen and oxygen atoms in total. The fourth-order valence-corrected chi connectivity index (χ4v) is 2.36. The van der Waals surface area contributed by atoms with Crippen molar-refractivity contribution < 1.29 is 9.84 Å². The molecule has 100 valence electrons. The van der Waals surface area contributed by atoms with Gasteiger partial charge >= 0.3 is 0 Å². The summed E-state index contributed by atoms with van der Waals surface area (Å²) in [6, 6.07) is 9.79. The van der Waals surface area contributed by atoms with Crippen molar-refractivity contribution in [1.29, 1.82) is 0 Å². The maximum Gasteiger partial charge on any atom is 0.0914 e. The monoisotopic (exact) mass is 249 g/mol. The molecule has 1 aromatic rings. The Bertz CT molecular complexity index is 323. The smallest absolute Gasteiger partial charge is 0.0914 e. The molecule has 2 unspecified atom stereocenters. The Balaban J connectivity index is 1.55. The fourth-order valence-electron chi connectivity index (χ4n) is 2.36. The number of rotatable bonds is 7. The highest BCUT2D eigenvalue weighted by atomic mass is 16.5. The SMILES string of the molecule is OC(CNCCCC1CCCO1)c1ccccc1. The lowest BCUT2D eigenvalue weighted by Crippen LogP contribution is -2.23. The Kier molecular flexibility index (Phi) is 5.65. The van der Waals surface area contributed by atoms with Crippen LogP contribution in [0.5, 0.6) is 0 Å². The molecule has 2 rings (SSSR count). The fraction of sp³-hybridized carbons (Fsp3) is 0.600. The van der Waals surface area contributed by atoms with Crippen molar-refractivity contribution in [3.05, 3.63) is 35.9 Å². The first-order valence-electron chi connectivity index (χ1n) is 6.91. The molecule has 1 fully saturated rings. The molecular formula is C15H23NO2. The van der Waals surface area contributed by atoms with Crippen molar-refractivity contribution in [3.63, 3.8) is 0 Å². The topological polar surface area (TPSA) is 41.5 Å². The van der Waals surface area contributed by atoms with Crippen LogP contribution in [0.2, 0.25) is 0 Å². The summed E-state index contributed by atoms with van der Waals surface area (Å²) in [5, 5.41) is 13.2. The van der Waals surface area contributed by atoms with Gasteiger partial charge in [0.1, 0.15) is 0 Å². The molecule has 0 saturated carbocycles. The second-order valence-corrected chi connectivity index (χ2v) is 4.91. The standard InChI is InChI=1S/C15H23NO2/c17-15(13-6-2-1-3-7-13)12-16-10-4-8-14-9-5-11-18-14/h1-3,6-7,14-17H,4-5,8-12H2. The highest BCUT2D eigenvalue weighted by Crippen LogP contribution is 2.16. The van der Waals surface area contributed by atoms with Crippen LogP contribution >= 0.6 is 0 Å². The molecule has 1 aliphatic rings. The van der Waals surface area contributed by atoms with Crippen molar-refractivity contribution in [1.82, 2.24) is 5.32 Å². The van der Waals surface area contributed by atoms with E-state index >= 15 is 0 Å². The predicted molar refractivity (Wildman–Crippen MR) is 72.5 cm³/mol. The van der Waals surface area contributed by atoms with Gasteiger partial charge in [-0.1, -0.05) is 30.3 Å². The first kappa shape index (κ1) is 13.5. The summed E-state index contributed by atoms with van der Waals surface area (Å²) in [5.74, 6) is 0. The zero-order valence-electron chi connectivity index (χ0n) is 10.8. The van der Waals surface area contributed by atoms with Crippen LogP contribution in [-0.2, 0) is 4.74 Å². The molecule has 2 atom stereocenters. The van der Waals surface area contributed by atoms with E-state index in [0.29, 0.717) is 12.6 Å². The van der Waals surface area contributed by atoms with Gasteiger partial charge in [0, 0.05) is 13.2 Å². The molecule has 1 aliphatic heterocycles. The van der Waals surface area contributed by atoms with Crippen molar-refractivity contribution >= 4 is 0 Å². The van der Waals surface area contributed by atoms with Crippen molar-refractivity contribution in [2.24, 2.45) is 0 Å². The minimum absolute atomic E-state index is 0.408. The van der Waals surface area contributed by atoms with Crippen LogP contribution in [0, 0.1) is 0 Å². The molecule has 1 saturated heterocycles. The molecule has 0 aliphatic carbocycles. The average molecular weight is 249 g/mol. The van der Waals surface area contributed by atoms with E-state index in [1.54, 1.807) is 0 Å². The Morgan fingerprint density at radius 1 is 1.33 bits per heavy atom. The highest BCUT2D eigenvalue weighted by Gasteiger charge is 2.14. The second-order valence-electron chi connectivity index (χ2n) is 4.91. The van der Waals surface area contributed by atoms with Crippen LogP contribution in [0.25, 0.3) is 0 Å². The van der Waals surface area contributed by atoms with E-state index in [-0.39, 0.29) is 0 Å². The first-order valence-corrected chi connectivity index (χ1v) is 6.91. The van der Waals surface area contributed by atoms with Gasteiger partial charge in [-0.2, -0.15) is 0 Å². The van der Waals surface area contributed by atoms with Gasteiger partial charge in [-0.15, -0.1) is 0 Å². The lowest BCUT2D eigenvalue weighted by molar-refractivity contribution is 0.102. The van der Waals surface area contributed by atoms with E-state index in [1.807, 2.05) is 30.3 Å². The van der Waals surface area contributed by atoms with Gasteiger partial charge in [0.15, 0.2) is 0 Å². The number of aliphatic hydroxyl groups is 1. The van der Waals surface area contributed by atoms with Gasteiger partial charge in [0.05, 0.1) is 12.2 Å². The summed E-state index contributed by atoms with van der Waals surface area (Å²) in [7, 11) is 0. The molecule has 2 N–H and O–H groups in total. The Morgan fingerprint density at radius 3 is 2.89 bits per heavy atom. The lowest BCUT2D eigenvalue weighted by Gasteiger charge is -2.13. The number of hydrogen-bond donors (Lipinski definition) is 2. The molecule has 18 heavy (non-hydrogen) atoms. The zero-order valence-corrected chi connectivity index (χ0v) is 10.8. The average Bonchev–Trinajstić information content (AvgIpc) is 2.92. The number of hydrogen-bond acceptors (Lipinski definition) is 3. The number of nitrogens with one attached hydrogen (secondary N) is 1. The highest BCUT2D eigenvalue weighted by molar-refractivity contribution is 5.17. The van der Waals surface area contributed by atoms with Crippen molar-refractivity contribution in [3.8, 4) is 0 Å². The molecule has 0 amide bonds. The van der Waals surface area contributed by atoms with Crippen LogP contribution in [0.1, 0.15) is 37.4 Å². The first-order chi connectivity index (χ1) is 8.86. The maximum atomic E-state index is 9.94. The van der Waals surface area contributed by atoms with E-state index in [0.717, 1.165) is 31.6 Å². The Hall–Kier alpha value is -0.900. The molecule has 0 aromatic heterocycles. The third kappa shape index (κ3) is 4.41. The van der Waals surface area contributed by atoms with Crippen LogP contribution in [-0.4, -0.2) is 30.9 Å². The summed E-state index contributed by atoms with van der Waals surface area (Å²) in [6.07, 6.45) is 4.75. The van der Waals surface area contributed by atoms with E-state index in [4.69, 9.17) is 4.74 Å². The molecule has 0 bridgehead atoms. The molecule has 1 heterocycles. The van der Waals surface area contributed by atoms with Crippen LogP contribution in [0.3, 0.4) is 0 Å². The van der Waals surface area contributed by atoms with Crippen molar-refractivity contribution in [2.45, 2.75) is 37.9 Å². The van der Waals surface area contributed by atoms with Gasteiger partial charge < -0.3 is 15.2 Å². The quantitative estimate of drug-likeness (QED) is 0.728. The normalized spacial score (nSPS) is 21.1. The second kappa shape index (κ2) is 7.52. The largest absolute Gasteiger partial charge is 0.387 e. The number of aliphatic hydroxyl groups excluding tert-OH is 1. The Morgan fingerprint density at radius 2 is 2.17 bits per heavy atom. The lowest BCUT2D eigenvalue weighted by atomic mass is 10.1. The summed E-state index contributed by atoms with van der Waals surface area (Å²) < 4.78 is 5.57. The maximum absolute atomic E-state index is 9.94. The van der Waals surface area contributed by atoms with Gasteiger partial charge in [-0.05, 0) is 37.8 Å². The van der Waals surface area contributed by atoms with Gasteiger partial charge in [0.25, 0.3) is 0 Å². The summed E-state index contributed by atoms with van der Waals surface area (Å²) in [4.78, 5) is 0. The third-order valence-electron chi connectivity index (χ3n) is 3.43. The van der Waals surface area contributed by atoms with Crippen molar-refractivity contribution in [2.75, 3.05) is 19.7 Å².